The van der Waals surface area contributed by atoms with Crippen molar-refractivity contribution < 1.29 is 9.90 Å². The van der Waals surface area contributed by atoms with Gasteiger partial charge in [-0.05, 0) is 30.4 Å². The van der Waals surface area contributed by atoms with Gasteiger partial charge in [0.15, 0.2) is 5.78 Å². The molecular weight excluding hydrogens is 271 g/mol. The molecule has 0 saturated heterocycles. The van der Waals surface area contributed by atoms with Crippen molar-refractivity contribution in [3.05, 3.63) is 27.2 Å². The third kappa shape index (κ3) is 1.39. The van der Waals surface area contributed by atoms with Gasteiger partial charge in [0.1, 0.15) is 10.8 Å². The van der Waals surface area contributed by atoms with Gasteiger partial charge in [0.2, 0.25) is 0 Å². The van der Waals surface area contributed by atoms with Crippen molar-refractivity contribution in [3.63, 3.8) is 0 Å². The molecule has 2 nitrogen and oxygen atoms in total. The largest absolute Gasteiger partial charge is 0.506 e. The second-order valence-electron chi connectivity index (χ2n) is 5.53. The molecule has 1 fully saturated rings. The number of hydrogen-bond donors (Lipinski definition) is 1. The van der Waals surface area contributed by atoms with Crippen LogP contribution in [0.15, 0.2) is 6.07 Å². The van der Waals surface area contributed by atoms with Crippen LogP contribution >= 0.6 is 23.2 Å². The number of benzene rings is 1. The van der Waals surface area contributed by atoms with Gasteiger partial charge >= 0.3 is 0 Å². The second-order valence-corrected chi connectivity index (χ2v) is 6.29. The van der Waals surface area contributed by atoms with Crippen molar-refractivity contribution >= 4 is 29.0 Å². The topological polar surface area (TPSA) is 37.3 Å². The van der Waals surface area contributed by atoms with Crippen molar-refractivity contribution in [3.8, 4) is 5.75 Å². The molecule has 96 valence electrons. The van der Waals surface area contributed by atoms with Crippen LogP contribution in [-0.2, 0) is 0 Å². The maximum Gasteiger partial charge on any atom is 0.171 e. The Morgan fingerprint density at radius 2 is 2.06 bits per heavy atom. The Morgan fingerprint density at radius 1 is 1.33 bits per heavy atom. The van der Waals surface area contributed by atoms with Gasteiger partial charge in [-0.2, -0.15) is 0 Å². The molecule has 1 N–H and O–H groups in total. The molecule has 1 aromatic carbocycles. The van der Waals surface area contributed by atoms with Gasteiger partial charge in [0.05, 0.1) is 5.02 Å². The molecule has 0 amide bonds. The Kier molecular flexibility index (Phi) is 2.65. The second kappa shape index (κ2) is 3.88. The summed E-state index contributed by atoms with van der Waals surface area (Å²) in [4.78, 5) is 12.6. The lowest BCUT2D eigenvalue weighted by molar-refractivity contribution is 0.0748. The number of phenolic OH excluding ortho intramolecular Hbond substituents is 1. The summed E-state index contributed by atoms with van der Waals surface area (Å²) >= 11 is 12.1. The first-order valence-corrected chi connectivity index (χ1v) is 6.98. The van der Waals surface area contributed by atoms with E-state index in [4.69, 9.17) is 23.2 Å². The predicted molar refractivity (Wildman–Crippen MR) is 71.8 cm³/mol. The van der Waals surface area contributed by atoms with Crippen molar-refractivity contribution in [2.45, 2.75) is 38.5 Å². The summed E-state index contributed by atoms with van der Waals surface area (Å²) in [6, 6.07) is 1.63. The third-order valence-corrected chi connectivity index (χ3v) is 5.40. The van der Waals surface area contributed by atoms with Crippen LogP contribution in [-0.4, -0.2) is 10.9 Å². The number of halogens is 2. The molecule has 1 aromatic rings. The molecule has 2 aliphatic carbocycles. The maximum absolute atomic E-state index is 12.6. The Morgan fingerprint density at radius 3 is 2.78 bits per heavy atom. The minimum atomic E-state index is -0.360. The standard InChI is InChI=1S/C14H14Cl2O2/c1-14-5-3-2-4-8(14)7-6-9(17)11(15)12(16)10(7)13(14)18/h6,8,17H,2-5H2,1H3/t8-,14+/m1/s1. The normalized spacial score (nSPS) is 30.2. The van der Waals surface area contributed by atoms with Crippen LogP contribution in [0.25, 0.3) is 0 Å². The molecule has 0 bridgehead atoms. The highest BCUT2D eigenvalue weighted by molar-refractivity contribution is 6.45. The monoisotopic (exact) mass is 284 g/mol. The van der Waals surface area contributed by atoms with Crippen molar-refractivity contribution in [2.75, 3.05) is 0 Å². The van der Waals surface area contributed by atoms with E-state index in [-0.39, 0.29) is 32.9 Å². The van der Waals surface area contributed by atoms with Crippen LogP contribution in [0.5, 0.6) is 5.75 Å². The lowest BCUT2D eigenvalue weighted by atomic mass is 9.68. The van der Waals surface area contributed by atoms with Gasteiger partial charge in [0, 0.05) is 11.0 Å². The summed E-state index contributed by atoms with van der Waals surface area (Å²) in [5.74, 6) is 0.242. The van der Waals surface area contributed by atoms with Gasteiger partial charge < -0.3 is 5.11 Å². The number of carbonyl (C=O) groups excluding carboxylic acids is 1. The quantitative estimate of drug-likeness (QED) is 0.758. The Labute approximate surface area is 116 Å². The van der Waals surface area contributed by atoms with Crippen LogP contribution in [0.2, 0.25) is 10.0 Å². The van der Waals surface area contributed by atoms with E-state index in [0.29, 0.717) is 5.56 Å². The van der Waals surface area contributed by atoms with E-state index in [1.807, 2.05) is 6.92 Å². The summed E-state index contributed by atoms with van der Waals surface area (Å²) < 4.78 is 0. The zero-order valence-electron chi connectivity index (χ0n) is 10.1. The van der Waals surface area contributed by atoms with E-state index in [2.05, 4.69) is 0 Å². The summed E-state index contributed by atoms with van der Waals surface area (Å²) in [5, 5.41) is 10.1. The fourth-order valence-electron chi connectivity index (χ4n) is 3.53. The predicted octanol–water partition coefficient (Wildman–Crippen LogP) is 4.56. The van der Waals surface area contributed by atoms with Crippen LogP contribution in [0.3, 0.4) is 0 Å². The first-order chi connectivity index (χ1) is 8.47. The Bertz CT molecular complexity index is 553. The molecule has 18 heavy (non-hydrogen) atoms. The molecule has 1 saturated carbocycles. The lowest BCUT2D eigenvalue weighted by Crippen LogP contribution is -2.30. The van der Waals surface area contributed by atoms with Gasteiger partial charge in [-0.25, -0.2) is 0 Å². The minimum absolute atomic E-state index is 0.0250. The molecular formula is C14H14Cl2O2. The van der Waals surface area contributed by atoms with Crippen LogP contribution < -0.4 is 0 Å². The highest BCUT2D eigenvalue weighted by Gasteiger charge is 2.51. The zero-order chi connectivity index (χ0) is 13.1. The van der Waals surface area contributed by atoms with Crippen molar-refractivity contribution in [1.82, 2.24) is 0 Å². The number of phenols is 1. The van der Waals surface area contributed by atoms with Crippen LogP contribution in [0.1, 0.15) is 54.4 Å². The fourth-order valence-corrected chi connectivity index (χ4v) is 3.97. The molecule has 0 aliphatic heterocycles. The van der Waals surface area contributed by atoms with Crippen molar-refractivity contribution in [1.29, 1.82) is 0 Å². The van der Waals surface area contributed by atoms with E-state index < -0.39 is 0 Å². The first kappa shape index (κ1) is 12.3. The molecule has 3 rings (SSSR count). The molecule has 2 atom stereocenters. The van der Waals surface area contributed by atoms with E-state index >= 15 is 0 Å². The molecule has 0 spiro atoms. The number of fused-ring (bicyclic) bond motifs is 3. The number of ketones is 1. The summed E-state index contributed by atoms with van der Waals surface area (Å²) in [6.07, 6.45) is 4.06. The summed E-state index contributed by atoms with van der Waals surface area (Å²) in [5.41, 5.74) is 1.06. The molecule has 0 unspecified atom stereocenters. The summed E-state index contributed by atoms with van der Waals surface area (Å²) in [6.45, 7) is 2.01. The van der Waals surface area contributed by atoms with E-state index in [0.717, 1.165) is 31.2 Å². The van der Waals surface area contributed by atoms with Crippen molar-refractivity contribution in [2.24, 2.45) is 5.41 Å². The zero-order valence-corrected chi connectivity index (χ0v) is 11.6. The van der Waals surface area contributed by atoms with Gasteiger partial charge in [-0.3, -0.25) is 4.79 Å². The molecule has 4 heteroatoms. The fraction of sp³-hybridized carbons (Fsp3) is 0.500. The Balaban J connectivity index is 2.27. The number of carbonyl (C=O) groups is 1. The van der Waals surface area contributed by atoms with Gasteiger partial charge in [0.25, 0.3) is 0 Å². The summed E-state index contributed by atoms with van der Waals surface area (Å²) in [7, 11) is 0. The Hall–Kier alpha value is -0.730. The number of rotatable bonds is 0. The highest BCUT2D eigenvalue weighted by atomic mass is 35.5. The number of Topliss-reactive ketones (excluding diaryl/α,β-unsaturated/α-hetero) is 1. The van der Waals surface area contributed by atoms with Gasteiger partial charge in [-0.15, -0.1) is 0 Å². The average Bonchev–Trinajstić information content (AvgIpc) is 2.56. The van der Waals surface area contributed by atoms with E-state index in [1.54, 1.807) is 6.07 Å². The van der Waals surface area contributed by atoms with Gasteiger partial charge in [-0.1, -0.05) is 43.0 Å². The number of hydrogen-bond acceptors (Lipinski definition) is 2. The number of aromatic hydroxyl groups is 1. The minimum Gasteiger partial charge on any atom is -0.506 e. The average molecular weight is 285 g/mol. The van der Waals surface area contributed by atoms with Crippen LogP contribution in [0, 0.1) is 5.41 Å². The lowest BCUT2D eigenvalue weighted by Gasteiger charge is -2.34. The van der Waals surface area contributed by atoms with E-state index in [9.17, 15) is 9.90 Å². The highest BCUT2D eigenvalue weighted by Crippen LogP contribution is 2.58. The SMILES string of the molecule is C[C@]12CCCC[C@@H]1c1cc(O)c(Cl)c(Cl)c1C2=O. The third-order valence-electron chi connectivity index (χ3n) is 4.55. The maximum atomic E-state index is 12.6. The molecule has 0 radical (unpaired) electrons. The smallest absolute Gasteiger partial charge is 0.171 e. The van der Waals surface area contributed by atoms with E-state index in [1.165, 1.54) is 0 Å². The first-order valence-electron chi connectivity index (χ1n) is 6.22. The molecule has 0 heterocycles. The molecule has 2 aliphatic rings. The van der Waals surface area contributed by atoms with Crippen LogP contribution in [0.4, 0.5) is 0 Å². The molecule has 0 aromatic heterocycles.